The molecule has 3 amide bonds. The van der Waals surface area contributed by atoms with Gasteiger partial charge in [-0.15, -0.1) is 0 Å². The van der Waals surface area contributed by atoms with Crippen molar-refractivity contribution in [2.75, 3.05) is 17.2 Å². The fourth-order valence-electron chi connectivity index (χ4n) is 3.99. The van der Waals surface area contributed by atoms with Gasteiger partial charge in [0, 0.05) is 41.0 Å². The molecule has 2 N–H and O–H groups in total. The van der Waals surface area contributed by atoms with Crippen molar-refractivity contribution in [3.63, 3.8) is 0 Å². The first-order chi connectivity index (χ1) is 14.9. The van der Waals surface area contributed by atoms with Gasteiger partial charge in [0.25, 0.3) is 11.8 Å². The number of hydrogen-bond donors (Lipinski definition) is 2. The molecule has 4 rings (SSSR count). The zero-order chi connectivity index (χ0) is 22.0. The van der Waals surface area contributed by atoms with Crippen molar-refractivity contribution >= 4 is 29.1 Å². The maximum atomic E-state index is 12.9. The van der Waals surface area contributed by atoms with E-state index in [9.17, 15) is 14.4 Å². The summed E-state index contributed by atoms with van der Waals surface area (Å²) in [7, 11) is 0. The minimum Gasteiger partial charge on any atom is -0.336 e. The van der Waals surface area contributed by atoms with E-state index < -0.39 is 0 Å². The Balaban J connectivity index is 1.40. The number of benzene rings is 2. The smallest absolute Gasteiger partial charge is 0.255 e. The lowest BCUT2D eigenvalue weighted by Crippen LogP contribution is -2.42. The molecule has 2 aliphatic rings. The minimum absolute atomic E-state index is 0.0430. The third-order valence-electron chi connectivity index (χ3n) is 6.15. The monoisotopic (exact) mass is 419 g/mol. The number of aryl methyl sites for hydroxylation is 1. The van der Waals surface area contributed by atoms with E-state index in [1.165, 1.54) is 6.42 Å². The molecule has 1 atom stereocenters. The average molecular weight is 420 g/mol. The van der Waals surface area contributed by atoms with Gasteiger partial charge in [-0.25, -0.2) is 0 Å². The first-order valence-electron chi connectivity index (χ1n) is 11.1. The average Bonchev–Trinajstić information content (AvgIpc) is 3.61. The van der Waals surface area contributed by atoms with Crippen molar-refractivity contribution in [3.05, 3.63) is 59.2 Å². The van der Waals surface area contributed by atoms with E-state index in [2.05, 4.69) is 17.6 Å². The Hall–Kier alpha value is -3.15. The van der Waals surface area contributed by atoms with Crippen molar-refractivity contribution in [3.8, 4) is 0 Å². The highest BCUT2D eigenvalue weighted by Crippen LogP contribution is 2.30. The van der Waals surface area contributed by atoms with Gasteiger partial charge in [0.2, 0.25) is 5.91 Å². The van der Waals surface area contributed by atoms with E-state index in [1.807, 2.05) is 17.9 Å². The van der Waals surface area contributed by atoms with E-state index in [-0.39, 0.29) is 29.7 Å². The Kier molecular flexibility index (Phi) is 6.07. The molecule has 2 aromatic rings. The summed E-state index contributed by atoms with van der Waals surface area (Å²) in [6, 6.07) is 12.6. The van der Waals surface area contributed by atoms with Crippen LogP contribution in [0, 0.1) is 12.8 Å². The molecule has 0 radical (unpaired) electrons. The van der Waals surface area contributed by atoms with Crippen LogP contribution in [0.15, 0.2) is 42.5 Å². The predicted octanol–water partition coefficient (Wildman–Crippen LogP) is 4.61. The molecule has 0 aromatic heterocycles. The number of nitrogens with one attached hydrogen (secondary N) is 2. The van der Waals surface area contributed by atoms with E-state index in [1.54, 1.807) is 36.4 Å². The van der Waals surface area contributed by atoms with E-state index in [0.29, 0.717) is 22.5 Å². The Morgan fingerprint density at radius 3 is 2.26 bits per heavy atom. The summed E-state index contributed by atoms with van der Waals surface area (Å²) in [5, 5.41) is 5.79. The Bertz CT molecular complexity index is 996. The molecule has 2 aromatic carbocycles. The molecule has 1 heterocycles. The number of amides is 3. The second-order valence-electron chi connectivity index (χ2n) is 8.67. The zero-order valence-electron chi connectivity index (χ0n) is 18.1. The standard InChI is InChI=1S/C25H29N3O3/c1-16-15-20(25(31)28-14-4-3-5-17(28)2)10-13-22(16)27-24(30)19-8-11-21(12-9-19)26-23(29)18-6-7-18/h8-13,15,17-18H,3-7,14H2,1-2H3,(H,26,29)(H,27,30). The molecule has 6 nitrogen and oxygen atoms in total. The van der Waals surface area contributed by atoms with Gasteiger partial charge in [-0.05, 0) is 94.0 Å². The molecular weight excluding hydrogens is 390 g/mol. The van der Waals surface area contributed by atoms with Crippen molar-refractivity contribution in [2.24, 2.45) is 5.92 Å². The lowest BCUT2D eigenvalue weighted by atomic mass is 10.0. The highest BCUT2D eigenvalue weighted by molar-refractivity contribution is 6.05. The maximum Gasteiger partial charge on any atom is 0.255 e. The largest absolute Gasteiger partial charge is 0.336 e. The summed E-state index contributed by atoms with van der Waals surface area (Å²) in [5.41, 5.74) is 3.38. The number of likely N-dealkylation sites (tertiary alicyclic amines) is 1. The van der Waals surface area contributed by atoms with Crippen molar-refractivity contribution in [1.29, 1.82) is 0 Å². The van der Waals surface area contributed by atoms with Gasteiger partial charge in [-0.3, -0.25) is 14.4 Å². The van der Waals surface area contributed by atoms with E-state index in [4.69, 9.17) is 0 Å². The minimum atomic E-state index is -0.230. The summed E-state index contributed by atoms with van der Waals surface area (Å²) >= 11 is 0. The van der Waals surface area contributed by atoms with Gasteiger partial charge >= 0.3 is 0 Å². The van der Waals surface area contributed by atoms with Crippen LogP contribution < -0.4 is 10.6 Å². The predicted molar refractivity (Wildman–Crippen MR) is 121 cm³/mol. The maximum absolute atomic E-state index is 12.9. The highest BCUT2D eigenvalue weighted by Gasteiger charge is 2.29. The van der Waals surface area contributed by atoms with Crippen LogP contribution in [0.4, 0.5) is 11.4 Å². The number of anilines is 2. The Labute approximate surface area is 183 Å². The number of piperidine rings is 1. The van der Waals surface area contributed by atoms with Crippen LogP contribution in [-0.2, 0) is 4.79 Å². The molecule has 31 heavy (non-hydrogen) atoms. The molecule has 162 valence electrons. The Morgan fingerprint density at radius 2 is 1.61 bits per heavy atom. The summed E-state index contributed by atoms with van der Waals surface area (Å²) in [6.45, 7) is 4.79. The molecule has 1 saturated heterocycles. The fraction of sp³-hybridized carbons (Fsp3) is 0.400. The summed E-state index contributed by atoms with van der Waals surface area (Å²) < 4.78 is 0. The van der Waals surface area contributed by atoms with E-state index in [0.717, 1.165) is 37.8 Å². The molecule has 0 spiro atoms. The third-order valence-corrected chi connectivity index (χ3v) is 6.15. The third kappa shape index (κ3) is 4.95. The second kappa shape index (κ2) is 8.92. The van der Waals surface area contributed by atoms with Gasteiger partial charge in [-0.1, -0.05) is 0 Å². The van der Waals surface area contributed by atoms with Gasteiger partial charge in [0.1, 0.15) is 0 Å². The van der Waals surface area contributed by atoms with Gasteiger partial charge < -0.3 is 15.5 Å². The lowest BCUT2D eigenvalue weighted by molar-refractivity contribution is -0.117. The van der Waals surface area contributed by atoms with Crippen LogP contribution in [-0.4, -0.2) is 35.2 Å². The van der Waals surface area contributed by atoms with Crippen molar-refractivity contribution in [2.45, 2.75) is 52.0 Å². The molecule has 0 bridgehead atoms. The lowest BCUT2D eigenvalue weighted by Gasteiger charge is -2.33. The number of nitrogens with zero attached hydrogens (tertiary/aromatic N) is 1. The van der Waals surface area contributed by atoms with Gasteiger partial charge in [0.05, 0.1) is 0 Å². The van der Waals surface area contributed by atoms with Crippen molar-refractivity contribution < 1.29 is 14.4 Å². The van der Waals surface area contributed by atoms with Crippen LogP contribution in [0.25, 0.3) is 0 Å². The molecule has 2 fully saturated rings. The molecule has 6 heteroatoms. The zero-order valence-corrected chi connectivity index (χ0v) is 18.1. The van der Waals surface area contributed by atoms with Crippen LogP contribution in [0.3, 0.4) is 0 Å². The number of carbonyl (C=O) groups excluding carboxylic acids is 3. The number of carbonyl (C=O) groups is 3. The first kappa shape index (κ1) is 21.1. The van der Waals surface area contributed by atoms with Gasteiger partial charge in [0.15, 0.2) is 0 Å². The summed E-state index contributed by atoms with van der Waals surface area (Å²) in [6.07, 6.45) is 5.16. The SMILES string of the molecule is Cc1cc(C(=O)N2CCCCC2C)ccc1NC(=O)c1ccc(NC(=O)C2CC2)cc1. The molecule has 1 aliphatic carbocycles. The summed E-state index contributed by atoms with van der Waals surface area (Å²) in [4.78, 5) is 39.3. The number of rotatable bonds is 5. The second-order valence-corrected chi connectivity index (χ2v) is 8.67. The normalized spacial score (nSPS) is 18.4. The van der Waals surface area contributed by atoms with Gasteiger partial charge in [-0.2, -0.15) is 0 Å². The molecule has 1 unspecified atom stereocenters. The fourth-order valence-corrected chi connectivity index (χ4v) is 3.99. The van der Waals surface area contributed by atoms with Crippen LogP contribution in [0.1, 0.15) is 65.3 Å². The van der Waals surface area contributed by atoms with Crippen LogP contribution in [0.5, 0.6) is 0 Å². The summed E-state index contributed by atoms with van der Waals surface area (Å²) in [5.74, 6) is 0.00393. The number of hydrogen-bond acceptors (Lipinski definition) is 3. The first-order valence-corrected chi connectivity index (χ1v) is 11.1. The van der Waals surface area contributed by atoms with E-state index >= 15 is 0 Å². The molecular formula is C25H29N3O3. The van der Waals surface area contributed by atoms with Crippen LogP contribution >= 0.6 is 0 Å². The van der Waals surface area contributed by atoms with Crippen LogP contribution in [0.2, 0.25) is 0 Å². The topological polar surface area (TPSA) is 78.5 Å². The van der Waals surface area contributed by atoms with Crippen molar-refractivity contribution in [1.82, 2.24) is 4.90 Å². The quantitative estimate of drug-likeness (QED) is 0.743. The Morgan fingerprint density at radius 1 is 0.903 bits per heavy atom. The molecule has 1 saturated carbocycles. The highest BCUT2D eigenvalue weighted by atomic mass is 16.2. The molecule has 1 aliphatic heterocycles.